The van der Waals surface area contributed by atoms with Crippen LogP contribution in [0.5, 0.6) is 0 Å². The fourth-order valence-electron chi connectivity index (χ4n) is 2.24. The summed E-state index contributed by atoms with van der Waals surface area (Å²) < 4.78 is 5.26. The van der Waals surface area contributed by atoms with E-state index in [1.807, 2.05) is 20.8 Å². The van der Waals surface area contributed by atoms with Crippen molar-refractivity contribution in [3.8, 4) is 0 Å². The van der Waals surface area contributed by atoms with Crippen LogP contribution in [0.3, 0.4) is 0 Å². The van der Waals surface area contributed by atoms with Gasteiger partial charge in [-0.1, -0.05) is 11.6 Å². The molecule has 1 aromatic heterocycles. The van der Waals surface area contributed by atoms with Crippen molar-refractivity contribution in [3.63, 3.8) is 0 Å². The molecule has 6 nitrogen and oxygen atoms in total. The van der Waals surface area contributed by atoms with Crippen LogP contribution in [0, 0.1) is 0 Å². The Kier molecular flexibility index (Phi) is 4.88. The van der Waals surface area contributed by atoms with Gasteiger partial charge in [0.2, 0.25) is 0 Å². The number of nitrogens with zero attached hydrogens (tertiary/aromatic N) is 3. The van der Waals surface area contributed by atoms with Gasteiger partial charge in [-0.15, -0.1) is 0 Å². The fourth-order valence-corrected chi connectivity index (χ4v) is 2.46. The second kappa shape index (κ2) is 6.47. The molecule has 2 rings (SSSR count). The van der Waals surface area contributed by atoms with Gasteiger partial charge in [-0.25, -0.2) is 14.8 Å². The molecule has 0 bridgehead atoms. The van der Waals surface area contributed by atoms with Gasteiger partial charge in [0.05, 0.1) is 0 Å². The molecule has 1 N–H and O–H groups in total. The van der Waals surface area contributed by atoms with E-state index < -0.39 is 5.60 Å². The average molecular weight is 313 g/mol. The second-order valence-electron chi connectivity index (χ2n) is 6.08. The first-order valence-corrected chi connectivity index (χ1v) is 7.44. The molecule has 1 saturated heterocycles. The normalized spacial score (nSPS) is 16.7. The number of piperidine rings is 1. The minimum Gasteiger partial charge on any atom is -0.444 e. The molecule has 1 amide bonds. The summed E-state index contributed by atoms with van der Waals surface area (Å²) in [6.45, 7) is 7.11. The zero-order valence-corrected chi connectivity index (χ0v) is 13.4. The molecule has 0 radical (unpaired) electrons. The Bertz CT molecular complexity index is 496. The van der Waals surface area contributed by atoms with Crippen LogP contribution in [0.4, 0.5) is 10.6 Å². The van der Waals surface area contributed by atoms with Crippen LogP contribution >= 0.6 is 11.6 Å². The van der Waals surface area contributed by atoms with Crippen LogP contribution in [-0.4, -0.2) is 40.8 Å². The maximum absolute atomic E-state index is 11.7. The van der Waals surface area contributed by atoms with E-state index in [0.717, 1.165) is 25.9 Å². The minimum absolute atomic E-state index is 0.117. The Hall–Kier alpha value is -1.56. The lowest BCUT2D eigenvalue weighted by molar-refractivity contribution is 0.0497. The summed E-state index contributed by atoms with van der Waals surface area (Å²) in [5.74, 6) is 0.704. The van der Waals surface area contributed by atoms with Crippen molar-refractivity contribution < 1.29 is 9.53 Å². The highest BCUT2D eigenvalue weighted by Gasteiger charge is 2.25. The molecule has 1 aromatic rings. The number of hydrogen-bond acceptors (Lipinski definition) is 5. The van der Waals surface area contributed by atoms with Gasteiger partial charge >= 0.3 is 6.09 Å². The molecule has 0 aromatic carbocycles. The van der Waals surface area contributed by atoms with Crippen molar-refractivity contribution in [2.24, 2.45) is 0 Å². The average Bonchev–Trinajstić information content (AvgIpc) is 2.38. The van der Waals surface area contributed by atoms with E-state index in [9.17, 15) is 4.79 Å². The number of nitrogens with one attached hydrogen (secondary N) is 1. The summed E-state index contributed by atoms with van der Waals surface area (Å²) in [4.78, 5) is 22.1. The van der Waals surface area contributed by atoms with Crippen molar-refractivity contribution in [2.45, 2.75) is 45.3 Å². The lowest BCUT2D eigenvalue weighted by atomic mass is 10.1. The molecular formula is C14H21ClN4O2. The molecule has 2 heterocycles. The van der Waals surface area contributed by atoms with E-state index in [4.69, 9.17) is 16.3 Å². The third-order valence-electron chi connectivity index (χ3n) is 3.15. The molecule has 0 saturated carbocycles. The third kappa shape index (κ3) is 4.74. The Labute approximate surface area is 129 Å². The summed E-state index contributed by atoms with van der Waals surface area (Å²) in [7, 11) is 0. The van der Waals surface area contributed by atoms with Gasteiger partial charge in [-0.2, -0.15) is 0 Å². The zero-order chi connectivity index (χ0) is 15.5. The largest absolute Gasteiger partial charge is 0.444 e. The number of amides is 1. The van der Waals surface area contributed by atoms with Crippen molar-refractivity contribution in [1.82, 2.24) is 15.3 Å². The zero-order valence-electron chi connectivity index (χ0n) is 12.6. The van der Waals surface area contributed by atoms with Gasteiger partial charge in [0.15, 0.2) is 11.0 Å². The number of halogens is 1. The fraction of sp³-hybridized carbons (Fsp3) is 0.643. The molecule has 21 heavy (non-hydrogen) atoms. The molecule has 0 aliphatic carbocycles. The topological polar surface area (TPSA) is 67.3 Å². The van der Waals surface area contributed by atoms with Crippen molar-refractivity contribution in [2.75, 3.05) is 18.0 Å². The van der Waals surface area contributed by atoms with Crippen LogP contribution in [0.25, 0.3) is 0 Å². The SMILES string of the molecule is CC(C)(C)OC(=O)NC1CCN(c2nccnc2Cl)CC1. The van der Waals surface area contributed by atoms with E-state index in [1.54, 1.807) is 12.4 Å². The maximum atomic E-state index is 11.7. The number of anilines is 1. The van der Waals surface area contributed by atoms with Crippen LogP contribution in [0.15, 0.2) is 12.4 Å². The molecule has 1 aliphatic rings. The Morgan fingerprint density at radius 1 is 1.33 bits per heavy atom. The van der Waals surface area contributed by atoms with Gasteiger partial charge in [0, 0.05) is 31.5 Å². The quantitative estimate of drug-likeness (QED) is 0.909. The Morgan fingerprint density at radius 2 is 1.95 bits per heavy atom. The van der Waals surface area contributed by atoms with Gasteiger partial charge < -0.3 is 15.0 Å². The van der Waals surface area contributed by atoms with E-state index >= 15 is 0 Å². The maximum Gasteiger partial charge on any atom is 0.407 e. The Balaban J connectivity index is 1.84. The first-order chi connectivity index (χ1) is 9.85. The number of carbonyl (C=O) groups excluding carboxylic acids is 1. The van der Waals surface area contributed by atoms with Gasteiger partial charge in [-0.05, 0) is 33.6 Å². The highest BCUT2D eigenvalue weighted by molar-refractivity contribution is 6.31. The number of aromatic nitrogens is 2. The number of carbonyl (C=O) groups is 1. The molecule has 1 aliphatic heterocycles. The Morgan fingerprint density at radius 3 is 2.52 bits per heavy atom. The lowest BCUT2D eigenvalue weighted by Gasteiger charge is -2.33. The predicted molar refractivity (Wildman–Crippen MR) is 81.6 cm³/mol. The van der Waals surface area contributed by atoms with Gasteiger partial charge in [-0.3, -0.25) is 0 Å². The van der Waals surface area contributed by atoms with E-state index in [2.05, 4.69) is 20.2 Å². The number of hydrogen-bond donors (Lipinski definition) is 1. The number of alkyl carbamates (subject to hydrolysis) is 1. The van der Waals surface area contributed by atoms with Gasteiger partial charge in [0.1, 0.15) is 5.60 Å². The predicted octanol–water partition coefficient (Wildman–Crippen LogP) is 2.62. The monoisotopic (exact) mass is 312 g/mol. The van der Waals surface area contributed by atoms with Crippen molar-refractivity contribution in [3.05, 3.63) is 17.5 Å². The minimum atomic E-state index is -0.474. The van der Waals surface area contributed by atoms with E-state index in [0.29, 0.717) is 11.0 Å². The van der Waals surface area contributed by atoms with E-state index in [1.165, 1.54) is 0 Å². The lowest BCUT2D eigenvalue weighted by Crippen LogP contribution is -2.46. The summed E-state index contributed by atoms with van der Waals surface area (Å²) >= 11 is 6.05. The highest BCUT2D eigenvalue weighted by atomic mass is 35.5. The molecule has 116 valence electrons. The first-order valence-electron chi connectivity index (χ1n) is 7.06. The molecule has 0 atom stereocenters. The van der Waals surface area contributed by atoms with Crippen LogP contribution in [0.2, 0.25) is 5.15 Å². The molecule has 7 heteroatoms. The van der Waals surface area contributed by atoms with Gasteiger partial charge in [0.25, 0.3) is 0 Å². The summed E-state index contributed by atoms with van der Waals surface area (Å²) in [6, 6.07) is 0.117. The number of rotatable bonds is 2. The summed E-state index contributed by atoms with van der Waals surface area (Å²) in [6.07, 6.45) is 4.49. The van der Waals surface area contributed by atoms with Crippen LogP contribution < -0.4 is 10.2 Å². The van der Waals surface area contributed by atoms with Crippen molar-refractivity contribution in [1.29, 1.82) is 0 Å². The van der Waals surface area contributed by atoms with E-state index in [-0.39, 0.29) is 12.1 Å². The standard InChI is InChI=1S/C14H21ClN4O2/c1-14(2,3)21-13(20)18-10-4-8-19(9-5-10)12-11(15)16-6-7-17-12/h6-7,10H,4-5,8-9H2,1-3H3,(H,18,20). The number of ether oxygens (including phenoxy) is 1. The molecular weight excluding hydrogens is 292 g/mol. The van der Waals surface area contributed by atoms with Crippen LogP contribution in [-0.2, 0) is 4.74 Å². The molecule has 0 unspecified atom stereocenters. The third-order valence-corrected chi connectivity index (χ3v) is 3.42. The molecule has 0 spiro atoms. The second-order valence-corrected chi connectivity index (χ2v) is 6.44. The van der Waals surface area contributed by atoms with Crippen molar-refractivity contribution >= 4 is 23.5 Å². The molecule has 1 fully saturated rings. The summed E-state index contributed by atoms with van der Waals surface area (Å²) in [5, 5.41) is 3.32. The highest BCUT2D eigenvalue weighted by Crippen LogP contribution is 2.23. The first kappa shape index (κ1) is 15.8. The summed E-state index contributed by atoms with van der Waals surface area (Å²) in [5.41, 5.74) is -0.474. The smallest absolute Gasteiger partial charge is 0.407 e. The van der Waals surface area contributed by atoms with Crippen LogP contribution in [0.1, 0.15) is 33.6 Å².